The van der Waals surface area contributed by atoms with Crippen molar-refractivity contribution >= 4 is 35.1 Å². The van der Waals surface area contributed by atoms with Crippen LogP contribution in [0.25, 0.3) is 0 Å². The first-order chi connectivity index (χ1) is 8.45. The Bertz CT molecular complexity index is 523. The third-order valence-corrected chi connectivity index (χ3v) is 2.80. The SMILES string of the molecule is C#CCN(CC(=O)O)C(=O)c1ccc(Cl)c(Cl)c1. The van der Waals surface area contributed by atoms with Crippen molar-refractivity contribution in [2.75, 3.05) is 13.1 Å². The number of nitrogens with zero attached hydrogens (tertiary/aromatic N) is 1. The average Bonchev–Trinajstić information content (AvgIpc) is 2.31. The number of halogens is 2. The van der Waals surface area contributed by atoms with E-state index >= 15 is 0 Å². The second-order valence-corrected chi connectivity index (χ2v) is 4.20. The molecule has 0 unspecified atom stereocenters. The molecule has 1 amide bonds. The van der Waals surface area contributed by atoms with Gasteiger partial charge in [0.2, 0.25) is 0 Å². The first kappa shape index (κ1) is 14.4. The van der Waals surface area contributed by atoms with Gasteiger partial charge in [0.05, 0.1) is 16.6 Å². The minimum atomic E-state index is -1.14. The van der Waals surface area contributed by atoms with Gasteiger partial charge in [-0.25, -0.2) is 0 Å². The third kappa shape index (κ3) is 3.66. The molecular weight excluding hydrogens is 277 g/mol. The van der Waals surface area contributed by atoms with Crippen molar-refractivity contribution in [2.45, 2.75) is 0 Å². The van der Waals surface area contributed by atoms with Crippen LogP contribution in [0, 0.1) is 12.3 Å². The highest BCUT2D eigenvalue weighted by atomic mass is 35.5. The summed E-state index contributed by atoms with van der Waals surface area (Å²) >= 11 is 11.5. The highest BCUT2D eigenvalue weighted by Crippen LogP contribution is 2.23. The summed E-state index contributed by atoms with van der Waals surface area (Å²) in [6, 6.07) is 4.30. The van der Waals surface area contributed by atoms with E-state index in [4.69, 9.17) is 34.7 Å². The van der Waals surface area contributed by atoms with E-state index in [0.29, 0.717) is 5.02 Å². The molecule has 0 spiro atoms. The number of carbonyl (C=O) groups excluding carboxylic acids is 1. The van der Waals surface area contributed by atoms with E-state index in [9.17, 15) is 9.59 Å². The van der Waals surface area contributed by atoms with Crippen LogP contribution < -0.4 is 0 Å². The lowest BCUT2D eigenvalue weighted by molar-refractivity contribution is -0.137. The van der Waals surface area contributed by atoms with Crippen molar-refractivity contribution in [3.05, 3.63) is 33.8 Å². The fourth-order valence-corrected chi connectivity index (χ4v) is 1.58. The van der Waals surface area contributed by atoms with Crippen molar-refractivity contribution in [3.8, 4) is 12.3 Å². The maximum absolute atomic E-state index is 12.0. The lowest BCUT2D eigenvalue weighted by Crippen LogP contribution is -2.35. The molecule has 0 aromatic heterocycles. The number of aliphatic carboxylic acids is 1. The highest BCUT2D eigenvalue weighted by molar-refractivity contribution is 6.42. The molecule has 0 aliphatic carbocycles. The van der Waals surface area contributed by atoms with Crippen molar-refractivity contribution in [3.63, 3.8) is 0 Å². The molecular formula is C12H9Cl2NO3. The van der Waals surface area contributed by atoms with Gasteiger partial charge in [0.25, 0.3) is 5.91 Å². The monoisotopic (exact) mass is 285 g/mol. The fourth-order valence-electron chi connectivity index (χ4n) is 1.28. The van der Waals surface area contributed by atoms with Crippen molar-refractivity contribution in [1.82, 2.24) is 4.90 Å². The summed E-state index contributed by atoms with van der Waals surface area (Å²) in [6.07, 6.45) is 5.09. The van der Waals surface area contributed by atoms with Crippen molar-refractivity contribution < 1.29 is 14.7 Å². The Morgan fingerprint density at radius 1 is 1.33 bits per heavy atom. The number of amides is 1. The normalized spacial score (nSPS) is 9.61. The zero-order valence-electron chi connectivity index (χ0n) is 9.19. The Kier molecular flexibility index (Phi) is 5.02. The van der Waals surface area contributed by atoms with Gasteiger partial charge < -0.3 is 10.0 Å². The summed E-state index contributed by atoms with van der Waals surface area (Å²) in [7, 11) is 0. The molecule has 0 aliphatic heterocycles. The van der Waals surface area contributed by atoms with Crippen LogP contribution in [0.1, 0.15) is 10.4 Å². The van der Waals surface area contributed by atoms with E-state index in [2.05, 4.69) is 5.92 Å². The molecule has 18 heavy (non-hydrogen) atoms. The van der Waals surface area contributed by atoms with Crippen molar-refractivity contribution in [1.29, 1.82) is 0 Å². The standard InChI is InChI=1S/C12H9Cl2NO3/c1-2-5-15(7-11(16)17)12(18)8-3-4-9(13)10(14)6-8/h1,3-4,6H,5,7H2,(H,16,17). The molecule has 1 aromatic rings. The van der Waals surface area contributed by atoms with Crippen LogP contribution in [-0.4, -0.2) is 35.0 Å². The smallest absolute Gasteiger partial charge is 0.323 e. The molecule has 0 atom stereocenters. The summed E-state index contributed by atoms with van der Waals surface area (Å²) in [6.45, 7) is -0.561. The van der Waals surface area contributed by atoms with Gasteiger partial charge in [-0.15, -0.1) is 6.42 Å². The van der Waals surface area contributed by atoms with E-state index in [1.807, 2.05) is 0 Å². The van der Waals surface area contributed by atoms with Crippen molar-refractivity contribution in [2.24, 2.45) is 0 Å². The molecule has 0 aliphatic rings. The van der Waals surface area contributed by atoms with Gasteiger partial charge in [0.1, 0.15) is 6.54 Å². The van der Waals surface area contributed by atoms with E-state index in [0.717, 1.165) is 4.90 Å². The molecule has 0 fully saturated rings. The van der Waals surface area contributed by atoms with Gasteiger partial charge >= 0.3 is 5.97 Å². The van der Waals surface area contributed by atoms with E-state index in [1.54, 1.807) is 0 Å². The second-order valence-electron chi connectivity index (χ2n) is 3.39. The molecule has 1 rings (SSSR count). The zero-order chi connectivity index (χ0) is 13.7. The number of hydrogen-bond donors (Lipinski definition) is 1. The number of hydrogen-bond acceptors (Lipinski definition) is 2. The molecule has 94 valence electrons. The molecule has 0 heterocycles. The maximum atomic E-state index is 12.0. The summed E-state index contributed by atoms with van der Waals surface area (Å²) in [5.74, 6) is 0.587. The Morgan fingerprint density at radius 2 is 2.00 bits per heavy atom. The molecule has 0 radical (unpaired) electrons. The molecule has 0 saturated carbocycles. The van der Waals surface area contributed by atoms with E-state index in [-0.39, 0.29) is 17.1 Å². The summed E-state index contributed by atoms with van der Waals surface area (Å²) in [5.41, 5.74) is 0.237. The number of terminal acetylenes is 1. The van der Waals surface area contributed by atoms with Crippen LogP contribution >= 0.6 is 23.2 Å². The van der Waals surface area contributed by atoms with Gasteiger partial charge in [-0.05, 0) is 18.2 Å². The summed E-state index contributed by atoms with van der Waals surface area (Å²) in [5, 5.41) is 9.23. The van der Waals surface area contributed by atoms with Gasteiger partial charge in [0, 0.05) is 5.56 Å². The number of carbonyl (C=O) groups is 2. The quantitative estimate of drug-likeness (QED) is 0.863. The second kappa shape index (κ2) is 6.29. The molecule has 1 aromatic carbocycles. The van der Waals surface area contributed by atoms with Gasteiger partial charge in [-0.3, -0.25) is 9.59 Å². The molecule has 4 nitrogen and oxygen atoms in total. The molecule has 0 saturated heterocycles. The Morgan fingerprint density at radius 3 is 2.50 bits per heavy atom. The first-order valence-electron chi connectivity index (χ1n) is 4.85. The van der Waals surface area contributed by atoms with Crippen LogP contribution in [0.2, 0.25) is 10.0 Å². The summed E-state index contributed by atoms with van der Waals surface area (Å²) in [4.78, 5) is 23.7. The molecule has 1 N–H and O–H groups in total. The van der Waals surface area contributed by atoms with Crippen LogP contribution in [0.15, 0.2) is 18.2 Å². The molecule has 0 bridgehead atoms. The molecule has 6 heteroatoms. The Labute approximate surface area is 114 Å². The minimum absolute atomic E-state index is 0.0919. The number of carboxylic acids is 1. The topological polar surface area (TPSA) is 57.6 Å². The number of rotatable bonds is 4. The lowest BCUT2D eigenvalue weighted by atomic mass is 10.2. The van der Waals surface area contributed by atoms with Gasteiger partial charge in [-0.2, -0.15) is 0 Å². The Hall–Kier alpha value is -1.70. The fraction of sp³-hybridized carbons (Fsp3) is 0.167. The first-order valence-corrected chi connectivity index (χ1v) is 5.61. The highest BCUT2D eigenvalue weighted by Gasteiger charge is 2.18. The minimum Gasteiger partial charge on any atom is -0.480 e. The predicted octanol–water partition coefficient (Wildman–Crippen LogP) is 2.15. The Balaban J connectivity index is 2.98. The maximum Gasteiger partial charge on any atom is 0.323 e. The number of carboxylic acid groups (broad SMARTS) is 1. The third-order valence-electron chi connectivity index (χ3n) is 2.06. The van der Waals surface area contributed by atoms with E-state index in [1.165, 1.54) is 18.2 Å². The van der Waals surface area contributed by atoms with Gasteiger partial charge in [-0.1, -0.05) is 29.1 Å². The van der Waals surface area contributed by atoms with Gasteiger partial charge in [0.15, 0.2) is 0 Å². The van der Waals surface area contributed by atoms with Crippen LogP contribution in [0.5, 0.6) is 0 Å². The predicted molar refractivity (Wildman–Crippen MR) is 68.8 cm³/mol. The largest absolute Gasteiger partial charge is 0.480 e. The van der Waals surface area contributed by atoms with Crippen LogP contribution in [-0.2, 0) is 4.79 Å². The zero-order valence-corrected chi connectivity index (χ0v) is 10.7. The van der Waals surface area contributed by atoms with Crippen LogP contribution in [0.3, 0.4) is 0 Å². The lowest BCUT2D eigenvalue weighted by Gasteiger charge is -2.18. The van der Waals surface area contributed by atoms with E-state index < -0.39 is 18.4 Å². The number of benzene rings is 1. The average molecular weight is 286 g/mol. The summed E-state index contributed by atoms with van der Waals surface area (Å²) < 4.78 is 0. The van der Waals surface area contributed by atoms with Crippen LogP contribution in [0.4, 0.5) is 0 Å².